The highest BCUT2D eigenvalue weighted by molar-refractivity contribution is 6.31. The van der Waals surface area contributed by atoms with Gasteiger partial charge in [0.2, 0.25) is 11.9 Å². The molecule has 1 aliphatic heterocycles. The molecule has 0 saturated carbocycles. The minimum absolute atomic E-state index is 0.0959. The van der Waals surface area contributed by atoms with Crippen LogP contribution in [0.15, 0.2) is 36.5 Å². The van der Waals surface area contributed by atoms with Gasteiger partial charge in [-0.15, -0.1) is 11.6 Å². The fourth-order valence-corrected chi connectivity index (χ4v) is 5.12. The Bertz CT molecular complexity index is 1440. The molecule has 2 aromatic carbocycles. The van der Waals surface area contributed by atoms with E-state index in [0.717, 1.165) is 25.2 Å². The number of halogens is 3. The Kier molecular flexibility index (Phi) is 9.98. The number of alkyl halides is 1. The summed E-state index contributed by atoms with van der Waals surface area (Å²) >= 11 is 11.9. The number of methoxy groups -OCH3 is 1. The van der Waals surface area contributed by atoms with Crippen LogP contribution >= 0.6 is 23.2 Å². The number of rotatable bonds is 11. The predicted octanol–water partition coefficient (Wildman–Crippen LogP) is 5.70. The zero-order valence-corrected chi connectivity index (χ0v) is 25.8. The molecular weight excluding hydrogens is 584 g/mol. The molecular formula is C29H36Cl2FN7O3. The van der Waals surface area contributed by atoms with Crippen molar-refractivity contribution in [2.75, 3.05) is 61.0 Å². The Morgan fingerprint density at radius 3 is 2.62 bits per heavy atom. The lowest BCUT2D eigenvalue weighted by Gasteiger charge is -2.26. The maximum Gasteiger partial charge on any atom is 0.229 e. The second kappa shape index (κ2) is 13.3. The third-order valence-corrected chi connectivity index (χ3v) is 7.51. The average molecular weight is 621 g/mol. The van der Waals surface area contributed by atoms with Gasteiger partial charge in [0.15, 0.2) is 0 Å². The molecule has 0 bridgehead atoms. The number of aromatic nitrogens is 2. The summed E-state index contributed by atoms with van der Waals surface area (Å²) in [4.78, 5) is 25.9. The van der Waals surface area contributed by atoms with Gasteiger partial charge in [-0.1, -0.05) is 11.6 Å². The third-order valence-electron chi connectivity index (χ3n) is 7.03. The molecule has 10 nitrogen and oxygen atoms in total. The van der Waals surface area contributed by atoms with Gasteiger partial charge < -0.3 is 35.6 Å². The van der Waals surface area contributed by atoms with E-state index in [9.17, 15) is 14.3 Å². The Morgan fingerprint density at radius 2 is 1.98 bits per heavy atom. The first-order valence-electron chi connectivity index (χ1n) is 13.5. The topological polar surface area (TPSA) is 115 Å². The van der Waals surface area contributed by atoms with Crippen molar-refractivity contribution >= 4 is 63.6 Å². The van der Waals surface area contributed by atoms with Crippen LogP contribution in [0.4, 0.5) is 38.9 Å². The molecule has 1 aromatic heterocycles. The summed E-state index contributed by atoms with van der Waals surface area (Å²) < 4.78 is 19.9. The molecule has 0 radical (unpaired) electrons. The van der Waals surface area contributed by atoms with Crippen molar-refractivity contribution in [1.29, 1.82) is 0 Å². The number of amides is 1. The Labute approximate surface area is 255 Å². The maximum absolute atomic E-state index is 14.2. The number of carbonyl (C=O) groups is 1. The summed E-state index contributed by atoms with van der Waals surface area (Å²) in [6.45, 7) is 4.73. The number of hydrogen-bond donors (Lipinski definition) is 4. The van der Waals surface area contributed by atoms with Crippen molar-refractivity contribution in [2.24, 2.45) is 0 Å². The van der Waals surface area contributed by atoms with Gasteiger partial charge in [-0.2, -0.15) is 4.98 Å². The smallest absolute Gasteiger partial charge is 0.229 e. The van der Waals surface area contributed by atoms with E-state index >= 15 is 0 Å². The second-order valence-corrected chi connectivity index (χ2v) is 11.6. The number of anilines is 6. The number of benzene rings is 2. The highest BCUT2D eigenvalue weighted by atomic mass is 35.5. The van der Waals surface area contributed by atoms with Crippen LogP contribution in [0.25, 0.3) is 0 Å². The fraction of sp³-hybridized carbons (Fsp3) is 0.414. The first-order valence-corrected chi connectivity index (χ1v) is 14.4. The molecule has 1 atom stereocenters. The van der Waals surface area contributed by atoms with Crippen LogP contribution < -0.4 is 25.6 Å². The van der Waals surface area contributed by atoms with Gasteiger partial charge in [0.05, 0.1) is 34.8 Å². The molecule has 226 valence electrons. The van der Waals surface area contributed by atoms with E-state index in [-0.39, 0.29) is 29.2 Å². The lowest BCUT2D eigenvalue weighted by Crippen LogP contribution is -2.31. The first kappa shape index (κ1) is 31.6. The molecule has 1 aliphatic rings. The molecule has 0 unspecified atom stereocenters. The molecule has 4 rings (SSSR count). The number of aliphatic hydroxyl groups is 1. The molecule has 13 heteroatoms. The van der Waals surface area contributed by atoms with Crippen molar-refractivity contribution in [1.82, 2.24) is 14.9 Å². The molecule has 0 spiro atoms. The lowest BCUT2D eigenvalue weighted by molar-refractivity contribution is -0.115. The summed E-state index contributed by atoms with van der Waals surface area (Å²) in [5.41, 5.74) is 1.34. The van der Waals surface area contributed by atoms with Crippen LogP contribution in [0.3, 0.4) is 0 Å². The third kappa shape index (κ3) is 7.52. The number of ether oxygens (including phenoxy) is 1. The quantitative estimate of drug-likeness (QED) is 0.201. The van der Waals surface area contributed by atoms with E-state index in [1.807, 2.05) is 6.07 Å². The van der Waals surface area contributed by atoms with E-state index in [1.165, 1.54) is 12.1 Å². The van der Waals surface area contributed by atoms with Gasteiger partial charge in [0.1, 0.15) is 17.4 Å². The lowest BCUT2D eigenvalue weighted by atomic mass is 9.96. The average Bonchev–Trinajstić information content (AvgIpc) is 3.41. The Balaban J connectivity index is 1.66. The van der Waals surface area contributed by atoms with E-state index in [4.69, 9.17) is 27.9 Å². The number of likely N-dealkylation sites (N-methyl/N-ethyl adjacent to an activating group) is 1. The summed E-state index contributed by atoms with van der Waals surface area (Å²) in [5, 5.41) is 19.8. The monoisotopic (exact) mass is 619 g/mol. The minimum Gasteiger partial charge on any atom is -0.494 e. The van der Waals surface area contributed by atoms with Crippen molar-refractivity contribution in [3.05, 3.63) is 52.9 Å². The molecule has 2 heterocycles. The molecule has 0 aliphatic carbocycles. The summed E-state index contributed by atoms with van der Waals surface area (Å²) in [7, 11) is 5.69. The van der Waals surface area contributed by atoms with Gasteiger partial charge in [0, 0.05) is 54.9 Å². The molecule has 4 N–H and O–H groups in total. The van der Waals surface area contributed by atoms with E-state index in [2.05, 4.69) is 49.8 Å². The standard InChI is InChI=1S/C29H36Cl2FN7O3/c1-29(2,41)18-12-20(32)19(31)13-21(18)34-26-7-10-33-28(37-26)36-23-14-22(35-27(40)6-9-30)24(15-25(23)42-5)39-11-8-17(16-39)38(3)4/h7,10,12-15,17,41H,6,8-9,11,16H2,1-5H3,(H,35,40)(H2,33,34,36,37)/t17-/m1/s1. The highest BCUT2D eigenvalue weighted by Gasteiger charge is 2.28. The minimum atomic E-state index is -1.34. The number of carbonyl (C=O) groups excluding carboxylic acids is 1. The van der Waals surface area contributed by atoms with Crippen molar-refractivity contribution in [2.45, 2.75) is 38.3 Å². The van der Waals surface area contributed by atoms with E-state index in [0.29, 0.717) is 40.2 Å². The highest BCUT2D eigenvalue weighted by Crippen LogP contribution is 2.40. The van der Waals surface area contributed by atoms with Crippen LogP contribution in [0.1, 0.15) is 32.3 Å². The zero-order valence-electron chi connectivity index (χ0n) is 24.3. The molecule has 1 saturated heterocycles. The molecule has 3 aromatic rings. The van der Waals surface area contributed by atoms with Crippen molar-refractivity contribution in [3.8, 4) is 5.75 Å². The number of nitrogens with one attached hydrogen (secondary N) is 3. The van der Waals surface area contributed by atoms with Crippen LogP contribution in [0.2, 0.25) is 5.02 Å². The van der Waals surface area contributed by atoms with E-state index < -0.39 is 11.4 Å². The van der Waals surface area contributed by atoms with Crippen molar-refractivity contribution in [3.63, 3.8) is 0 Å². The van der Waals surface area contributed by atoms with Gasteiger partial charge in [0.25, 0.3) is 0 Å². The first-order chi connectivity index (χ1) is 19.9. The summed E-state index contributed by atoms with van der Waals surface area (Å²) in [6, 6.07) is 8.28. The number of hydrogen-bond acceptors (Lipinski definition) is 9. The van der Waals surface area contributed by atoms with Gasteiger partial charge in [-0.05, 0) is 58.6 Å². The van der Waals surface area contributed by atoms with Gasteiger partial charge >= 0.3 is 0 Å². The van der Waals surface area contributed by atoms with E-state index in [1.54, 1.807) is 39.3 Å². The number of nitrogens with zero attached hydrogens (tertiary/aromatic N) is 4. The molecule has 42 heavy (non-hydrogen) atoms. The Morgan fingerprint density at radius 1 is 1.21 bits per heavy atom. The zero-order chi connectivity index (χ0) is 30.6. The van der Waals surface area contributed by atoms with Crippen molar-refractivity contribution < 1.29 is 19.0 Å². The van der Waals surface area contributed by atoms with Gasteiger partial charge in [-0.25, -0.2) is 9.37 Å². The predicted molar refractivity (Wildman–Crippen MR) is 167 cm³/mol. The van der Waals surface area contributed by atoms with Gasteiger partial charge in [-0.3, -0.25) is 4.79 Å². The maximum atomic E-state index is 14.2. The normalized spacial score (nSPS) is 15.2. The SMILES string of the molecule is COc1cc(N2CC[C@@H](N(C)C)C2)c(NC(=O)CCCl)cc1Nc1nccc(Nc2cc(Cl)c(F)cc2C(C)(C)O)n1. The van der Waals surface area contributed by atoms with Crippen LogP contribution in [-0.4, -0.2) is 72.1 Å². The fourth-order valence-electron chi connectivity index (χ4n) is 4.78. The largest absolute Gasteiger partial charge is 0.494 e. The molecule has 1 amide bonds. The summed E-state index contributed by atoms with van der Waals surface area (Å²) in [6.07, 6.45) is 2.71. The van der Waals surface area contributed by atoms with Crippen LogP contribution in [-0.2, 0) is 10.4 Å². The van der Waals surface area contributed by atoms with Crippen LogP contribution in [0.5, 0.6) is 5.75 Å². The van der Waals surface area contributed by atoms with Crippen LogP contribution in [0, 0.1) is 5.82 Å². The molecule has 1 fully saturated rings. The summed E-state index contributed by atoms with van der Waals surface area (Å²) in [5.74, 6) is 0.505. The second-order valence-electron chi connectivity index (χ2n) is 10.8. The Hall–Kier alpha value is -3.38.